The van der Waals surface area contributed by atoms with Gasteiger partial charge in [0.15, 0.2) is 6.29 Å². The van der Waals surface area contributed by atoms with Crippen LogP contribution in [0.1, 0.15) is 6.42 Å². The van der Waals surface area contributed by atoms with Gasteiger partial charge in [0.25, 0.3) is 0 Å². The number of aromatic nitrogens is 4. The quantitative estimate of drug-likeness (QED) is 0.801. The first-order valence-corrected chi connectivity index (χ1v) is 7.54. The molecular formula is C15H21N5O3. The lowest BCUT2D eigenvalue weighted by molar-refractivity contribution is -0.236. The Balaban J connectivity index is 1.69. The van der Waals surface area contributed by atoms with Crippen molar-refractivity contribution in [1.29, 1.82) is 0 Å². The monoisotopic (exact) mass is 319 g/mol. The van der Waals surface area contributed by atoms with Gasteiger partial charge in [-0.15, -0.1) is 5.10 Å². The first kappa shape index (κ1) is 16.0. The first-order valence-electron chi connectivity index (χ1n) is 7.54. The van der Waals surface area contributed by atoms with Crippen LogP contribution >= 0.6 is 0 Å². The average molecular weight is 319 g/mol. The highest BCUT2D eigenvalue weighted by Gasteiger charge is 2.38. The number of likely N-dealkylation sites (N-methyl/N-ethyl adjacent to an activating group) is 1. The lowest BCUT2D eigenvalue weighted by atomic mass is 9.98. The van der Waals surface area contributed by atoms with Crippen molar-refractivity contribution in [3.05, 3.63) is 30.6 Å². The molecule has 1 saturated heterocycles. The molecule has 2 aromatic heterocycles. The standard InChI is InChI=1S/C15H21N5O3/c1-19(2)13-7-10(23-15(22)14(13)21)8-20-9-12(17-18-20)11-5-3-4-6-16-11/h3-6,9-10,13-15,21-22H,7-8H2,1-2H3/t10-,13?,14?,15+/m0/s1. The Bertz CT molecular complexity index is 633. The van der Waals surface area contributed by atoms with Gasteiger partial charge in [0.1, 0.15) is 11.8 Å². The van der Waals surface area contributed by atoms with Crippen LogP contribution in [0.5, 0.6) is 0 Å². The summed E-state index contributed by atoms with van der Waals surface area (Å²) in [6, 6.07) is 5.44. The number of hydrogen-bond acceptors (Lipinski definition) is 7. The fourth-order valence-corrected chi connectivity index (χ4v) is 2.79. The van der Waals surface area contributed by atoms with Crippen LogP contribution in [0.4, 0.5) is 0 Å². The molecule has 0 saturated carbocycles. The molecule has 8 heteroatoms. The molecule has 8 nitrogen and oxygen atoms in total. The van der Waals surface area contributed by atoms with E-state index < -0.39 is 12.4 Å². The number of aliphatic hydroxyl groups excluding tert-OH is 2. The van der Waals surface area contributed by atoms with Crippen molar-refractivity contribution in [3.8, 4) is 11.4 Å². The Morgan fingerprint density at radius 1 is 1.30 bits per heavy atom. The predicted octanol–water partition coefficient (Wildman–Crippen LogP) is -0.262. The normalized spacial score (nSPS) is 28.2. The van der Waals surface area contributed by atoms with Crippen LogP contribution in [0.15, 0.2) is 30.6 Å². The van der Waals surface area contributed by atoms with E-state index in [1.165, 1.54) is 0 Å². The molecule has 2 aromatic rings. The summed E-state index contributed by atoms with van der Waals surface area (Å²) in [6.07, 6.45) is 1.75. The fraction of sp³-hybridized carbons (Fsp3) is 0.533. The zero-order valence-electron chi connectivity index (χ0n) is 13.1. The van der Waals surface area contributed by atoms with E-state index in [0.29, 0.717) is 18.7 Å². The van der Waals surface area contributed by atoms with E-state index in [1.807, 2.05) is 37.2 Å². The van der Waals surface area contributed by atoms with Crippen molar-refractivity contribution in [2.45, 2.75) is 37.5 Å². The van der Waals surface area contributed by atoms with Gasteiger partial charge in [-0.1, -0.05) is 11.3 Å². The predicted molar refractivity (Wildman–Crippen MR) is 82.2 cm³/mol. The number of pyridine rings is 1. The zero-order chi connectivity index (χ0) is 16.4. The SMILES string of the molecule is CN(C)C1C[C@@H](Cn2cc(-c3ccccn3)nn2)O[C@@H](O)C1O. The molecule has 124 valence electrons. The van der Waals surface area contributed by atoms with Crippen molar-refractivity contribution in [2.75, 3.05) is 14.1 Å². The molecule has 3 heterocycles. The van der Waals surface area contributed by atoms with E-state index in [1.54, 1.807) is 17.1 Å². The maximum atomic E-state index is 9.98. The molecule has 2 N–H and O–H groups in total. The Morgan fingerprint density at radius 2 is 2.13 bits per heavy atom. The molecule has 3 rings (SSSR count). The highest BCUT2D eigenvalue weighted by atomic mass is 16.6. The van der Waals surface area contributed by atoms with Crippen LogP contribution in [0.25, 0.3) is 11.4 Å². The summed E-state index contributed by atoms with van der Waals surface area (Å²) < 4.78 is 7.14. The van der Waals surface area contributed by atoms with Gasteiger partial charge in [-0.3, -0.25) is 4.98 Å². The molecular weight excluding hydrogens is 298 g/mol. The van der Waals surface area contributed by atoms with Crippen molar-refractivity contribution >= 4 is 0 Å². The van der Waals surface area contributed by atoms with E-state index in [0.717, 1.165) is 5.69 Å². The van der Waals surface area contributed by atoms with Crippen LogP contribution in [-0.2, 0) is 11.3 Å². The molecule has 0 radical (unpaired) electrons. The van der Waals surface area contributed by atoms with Gasteiger partial charge < -0.3 is 19.8 Å². The first-order chi connectivity index (χ1) is 11.0. The summed E-state index contributed by atoms with van der Waals surface area (Å²) in [5.41, 5.74) is 1.44. The van der Waals surface area contributed by atoms with Gasteiger partial charge in [-0.2, -0.15) is 0 Å². The minimum Gasteiger partial charge on any atom is -0.386 e. The largest absolute Gasteiger partial charge is 0.386 e. The van der Waals surface area contributed by atoms with Crippen LogP contribution < -0.4 is 0 Å². The summed E-state index contributed by atoms with van der Waals surface area (Å²) in [4.78, 5) is 6.13. The van der Waals surface area contributed by atoms with Crippen molar-refractivity contribution < 1.29 is 14.9 Å². The second kappa shape index (κ2) is 6.71. The highest BCUT2D eigenvalue weighted by Crippen LogP contribution is 2.23. The third-order valence-electron chi connectivity index (χ3n) is 4.04. The number of hydrogen-bond donors (Lipinski definition) is 2. The summed E-state index contributed by atoms with van der Waals surface area (Å²) in [5.74, 6) is 0. The van der Waals surface area contributed by atoms with Crippen LogP contribution in [0.3, 0.4) is 0 Å². The summed E-state index contributed by atoms with van der Waals surface area (Å²) in [5, 5.41) is 28.1. The highest BCUT2D eigenvalue weighted by molar-refractivity contribution is 5.51. The maximum absolute atomic E-state index is 9.98. The van der Waals surface area contributed by atoms with E-state index in [4.69, 9.17) is 4.74 Å². The molecule has 0 amide bonds. The lowest BCUT2D eigenvalue weighted by Crippen LogP contribution is -2.54. The van der Waals surface area contributed by atoms with Gasteiger partial charge in [0.05, 0.1) is 24.5 Å². The van der Waals surface area contributed by atoms with Crippen molar-refractivity contribution in [2.24, 2.45) is 0 Å². The summed E-state index contributed by atoms with van der Waals surface area (Å²) >= 11 is 0. The lowest BCUT2D eigenvalue weighted by Gasteiger charge is -2.39. The molecule has 0 bridgehead atoms. The maximum Gasteiger partial charge on any atom is 0.182 e. The molecule has 1 fully saturated rings. The van der Waals surface area contributed by atoms with Gasteiger partial charge in [-0.25, -0.2) is 4.68 Å². The molecule has 1 aliphatic heterocycles. The van der Waals surface area contributed by atoms with Crippen molar-refractivity contribution in [3.63, 3.8) is 0 Å². The molecule has 1 aliphatic rings. The smallest absolute Gasteiger partial charge is 0.182 e. The Morgan fingerprint density at radius 3 is 2.83 bits per heavy atom. The zero-order valence-corrected chi connectivity index (χ0v) is 13.1. The molecule has 0 aromatic carbocycles. The molecule has 2 unspecified atom stereocenters. The molecule has 0 aliphatic carbocycles. The van der Waals surface area contributed by atoms with Gasteiger partial charge in [0.2, 0.25) is 0 Å². The topological polar surface area (TPSA) is 96.5 Å². The van der Waals surface area contributed by atoms with Gasteiger partial charge in [0, 0.05) is 12.2 Å². The average Bonchev–Trinajstić information content (AvgIpc) is 3.00. The minimum absolute atomic E-state index is 0.164. The molecule has 0 spiro atoms. The summed E-state index contributed by atoms with van der Waals surface area (Å²) in [7, 11) is 3.75. The third-order valence-corrected chi connectivity index (χ3v) is 4.04. The second-order valence-corrected chi connectivity index (χ2v) is 5.95. The van der Waals surface area contributed by atoms with Gasteiger partial charge in [-0.05, 0) is 32.6 Å². The van der Waals surface area contributed by atoms with Crippen LogP contribution in [0, 0.1) is 0 Å². The summed E-state index contributed by atoms with van der Waals surface area (Å²) in [6.45, 7) is 0.452. The number of rotatable bonds is 4. The number of ether oxygens (including phenoxy) is 1. The van der Waals surface area contributed by atoms with E-state index >= 15 is 0 Å². The van der Waals surface area contributed by atoms with Crippen molar-refractivity contribution in [1.82, 2.24) is 24.9 Å². The Labute approximate surface area is 134 Å². The van der Waals surface area contributed by atoms with E-state index in [2.05, 4.69) is 15.3 Å². The number of aliphatic hydroxyl groups is 2. The molecule has 23 heavy (non-hydrogen) atoms. The second-order valence-electron chi connectivity index (χ2n) is 5.95. The van der Waals surface area contributed by atoms with E-state index in [9.17, 15) is 10.2 Å². The Hall–Kier alpha value is -1.87. The van der Waals surface area contributed by atoms with Crippen LogP contribution in [-0.4, -0.2) is 73.7 Å². The molecule has 4 atom stereocenters. The fourth-order valence-electron chi connectivity index (χ4n) is 2.79. The van der Waals surface area contributed by atoms with Crippen LogP contribution in [0.2, 0.25) is 0 Å². The minimum atomic E-state index is -1.19. The Kier molecular flexibility index (Phi) is 4.67. The number of nitrogens with zero attached hydrogens (tertiary/aromatic N) is 5. The van der Waals surface area contributed by atoms with E-state index in [-0.39, 0.29) is 12.1 Å². The van der Waals surface area contributed by atoms with Gasteiger partial charge >= 0.3 is 0 Å². The third kappa shape index (κ3) is 3.56.